The highest BCUT2D eigenvalue weighted by Gasteiger charge is 2.66. The van der Waals surface area contributed by atoms with E-state index in [-0.39, 0.29) is 11.0 Å². The monoisotopic (exact) mass is 498 g/mol. The van der Waals surface area contributed by atoms with E-state index in [1.165, 1.54) is 82.9 Å². The molecule has 1 aromatic heterocycles. The van der Waals surface area contributed by atoms with Gasteiger partial charge in [0.2, 0.25) is 0 Å². The fraction of sp³-hybridized carbons (Fsp3) is 0.871. The van der Waals surface area contributed by atoms with Gasteiger partial charge in [-0.15, -0.1) is 0 Å². The second kappa shape index (κ2) is 10.0. The maximum Gasteiger partial charge on any atom is 0.102 e. The zero-order valence-corrected chi connectivity index (χ0v) is 22.9. The third kappa shape index (κ3) is 4.03. The molecule has 0 amide bonds. The average molecular weight is 499 g/mol. The summed E-state index contributed by atoms with van der Waals surface area (Å²) in [4.78, 5) is 2.58. The molecule has 1 unspecified atom stereocenters. The van der Waals surface area contributed by atoms with Gasteiger partial charge in [-0.2, -0.15) is 0 Å². The summed E-state index contributed by atoms with van der Waals surface area (Å²) in [6.45, 7) is 11.0. The molecule has 5 nitrogen and oxygen atoms in total. The van der Waals surface area contributed by atoms with Crippen LogP contribution in [0, 0.1) is 34.5 Å². The van der Waals surface area contributed by atoms with Crippen LogP contribution in [0.4, 0.5) is 0 Å². The molecule has 202 valence electrons. The van der Waals surface area contributed by atoms with Crippen LogP contribution in [0.5, 0.6) is 0 Å². The highest BCUT2D eigenvalue weighted by atomic mass is 16.5. The van der Waals surface area contributed by atoms with Gasteiger partial charge in [-0.1, -0.05) is 13.8 Å². The molecule has 4 aliphatic carbocycles. The van der Waals surface area contributed by atoms with Gasteiger partial charge in [0, 0.05) is 24.1 Å². The molecule has 5 fully saturated rings. The van der Waals surface area contributed by atoms with E-state index in [9.17, 15) is 0 Å². The molecule has 5 heteroatoms. The van der Waals surface area contributed by atoms with Gasteiger partial charge in [0.05, 0.1) is 31.8 Å². The van der Waals surface area contributed by atoms with Gasteiger partial charge in [-0.05, 0) is 119 Å². The van der Waals surface area contributed by atoms with E-state index in [2.05, 4.69) is 24.8 Å². The Kier molecular flexibility index (Phi) is 7.07. The molecule has 2 N–H and O–H groups in total. The Hall–Kier alpha value is -0.880. The summed E-state index contributed by atoms with van der Waals surface area (Å²) in [6, 6.07) is 2.15. The van der Waals surface area contributed by atoms with Gasteiger partial charge in [0.25, 0.3) is 0 Å². The van der Waals surface area contributed by atoms with Gasteiger partial charge in [-0.25, -0.2) is 0 Å². The number of fused-ring (bicyclic) bond motifs is 5. The van der Waals surface area contributed by atoms with Crippen LogP contribution in [0.15, 0.2) is 23.0 Å². The lowest BCUT2D eigenvalue weighted by Gasteiger charge is -2.62. The first-order valence-electron chi connectivity index (χ1n) is 15.2. The number of nitrogens with zero attached hydrogens (tertiary/aromatic N) is 1. The molecule has 36 heavy (non-hydrogen) atoms. The lowest BCUT2D eigenvalue weighted by atomic mass is 9.44. The van der Waals surface area contributed by atoms with Crippen LogP contribution >= 0.6 is 0 Å². The highest BCUT2D eigenvalue weighted by Crippen LogP contribution is 2.71. The van der Waals surface area contributed by atoms with Crippen molar-refractivity contribution in [2.75, 3.05) is 39.4 Å². The van der Waals surface area contributed by atoms with Crippen LogP contribution in [-0.4, -0.2) is 50.4 Å². The molecular weight excluding hydrogens is 448 g/mol. The molecule has 2 heterocycles. The molecule has 6 rings (SSSR count). The second-order valence-electron chi connectivity index (χ2n) is 13.4. The van der Waals surface area contributed by atoms with E-state index in [1.54, 1.807) is 0 Å². The fourth-order valence-corrected chi connectivity index (χ4v) is 10.2. The van der Waals surface area contributed by atoms with Crippen LogP contribution in [0.2, 0.25) is 0 Å². The standard InChI is InChI=1S/C31H50N2O3/c1-29-11-7-25(35-20-17-33-15-3-4-16-33)21-23(29)5-6-26-27(29)8-12-30(2)28(26)9-13-31(30,36-19-14-32)24-10-18-34-22-24/h10,18,22-23,25-28H,3-9,11-17,19-21,32H2,1-2H3/t23?,25-,26+,27-,28-,29-,30-,31+/m0/s1. The van der Waals surface area contributed by atoms with Crippen molar-refractivity contribution in [1.29, 1.82) is 0 Å². The van der Waals surface area contributed by atoms with Gasteiger partial charge in [0.1, 0.15) is 5.60 Å². The Morgan fingerprint density at radius 3 is 2.61 bits per heavy atom. The number of rotatable bonds is 8. The normalized spacial score (nSPS) is 44.8. The summed E-state index contributed by atoms with van der Waals surface area (Å²) in [7, 11) is 0. The van der Waals surface area contributed by atoms with E-state index in [4.69, 9.17) is 19.6 Å². The fourth-order valence-electron chi connectivity index (χ4n) is 10.2. The molecule has 0 radical (unpaired) electrons. The summed E-state index contributed by atoms with van der Waals surface area (Å²) in [5.74, 6) is 3.25. The lowest BCUT2D eigenvalue weighted by molar-refractivity contribution is -0.183. The number of hydrogen-bond acceptors (Lipinski definition) is 5. The Morgan fingerprint density at radius 1 is 1.00 bits per heavy atom. The van der Waals surface area contributed by atoms with Gasteiger partial charge >= 0.3 is 0 Å². The Bertz CT molecular complexity index is 869. The van der Waals surface area contributed by atoms with Crippen molar-refractivity contribution in [3.05, 3.63) is 24.2 Å². The van der Waals surface area contributed by atoms with Crippen molar-refractivity contribution < 1.29 is 13.9 Å². The number of ether oxygens (including phenoxy) is 2. The third-order valence-corrected chi connectivity index (χ3v) is 12.2. The molecule has 1 aromatic rings. The van der Waals surface area contributed by atoms with E-state index in [1.807, 2.05) is 12.5 Å². The SMILES string of the molecule is C[C@]12CC[C@H](OCCN3CCCC3)CC1CC[C@@H]1[C@@H]2CC[C@@]2(C)[C@H]1CC[C@@]2(OCCN)c1ccoc1. The maximum absolute atomic E-state index is 6.75. The molecule has 1 aliphatic heterocycles. The zero-order valence-electron chi connectivity index (χ0n) is 22.9. The summed E-state index contributed by atoms with van der Waals surface area (Å²) >= 11 is 0. The van der Waals surface area contributed by atoms with E-state index in [0.29, 0.717) is 24.7 Å². The quantitative estimate of drug-likeness (QED) is 0.478. The second-order valence-corrected chi connectivity index (χ2v) is 13.4. The minimum Gasteiger partial charge on any atom is -0.472 e. The largest absolute Gasteiger partial charge is 0.472 e. The van der Waals surface area contributed by atoms with Gasteiger partial charge in [0.15, 0.2) is 0 Å². The first-order valence-corrected chi connectivity index (χ1v) is 15.2. The minimum atomic E-state index is -0.242. The van der Waals surface area contributed by atoms with Crippen LogP contribution in [0.1, 0.15) is 90.0 Å². The van der Waals surface area contributed by atoms with Crippen molar-refractivity contribution >= 4 is 0 Å². The summed E-state index contributed by atoms with van der Waals surface area (Å²) < 4.78 is 18.8. The number of likely N-dealkylation sites (tertiary alicyclic amines) is 1. The van der Waals surface area contributed by atoms with Crippen molar-refractivity contribution in [3.8, 4) is 0 Å². The van der Waals surface area contributed by atoms with Gasteiger partial charge < -0.3 is 24.5 Å². The molecule has 0 aromatic carbocycles. The molecule has 8 atom stereocenters. The third-order valence-electron chi connectivity index (χ3n) is 12.2. The van der Waals surface area contributed by atoms with Crippen molar-refractivity contribution in [2.24, 2.45) is 40.2 Å². The predicted octanol–water partition coefficient (Wildman–Crippen LogP) is 5.97. The molecule has 4 saturated carbocycles. The van der Waals surface area contributed by atoms with Gasteiger partial charge in [-0.3, -0.25) is 0 Å². The summed E-state index contributed by atoms with van der Waals surface area (Å²) in [5.41, 5.74) is 7.58. The van der Waals surface area contributed by atoms with Crippen molar-refractivity contribution in [2.45, 2.75) is 96.2 Å². The Labute approximate surface area is 218 Å². The minimum absolute atomic E-state index is 0.159. The van der Waals surface area contributed by atoms with Crippen molar-refractivity contribution in [3.63, 3.8) is 0 Å². The number of furan rings is 1. The smallest absolute Gasteiger partial charge is 0.102 e. The van der Waals surface area contributed by atoms with E-state index in [0.717, 1.165) is 43.2 Å². The topological polar surface area (TPSA) is 60.9 Å². The predicted molar refractivity (Wildman–Crippen MR) is 143 cm³/mol. The molecule has 5 aliphatic rings. The van der Waals surface area contributed by atoms with E-state index < -0.39 is 0 Å². The zero-order chi connectivity index (χ0) is 24.8. The van der Waals surface area contributed by atoms with Crippen LogP contribution in [-0.2, 0) is 15.1 Å². The summed E-state index contributed by atoms with van der Waals surface area (Å²) in [6.07, 6.45) is 18.7. The van der Waals surface area contributed by atoms with Crippen molar-refractivity contribution in [1.82, 2.24) is 4.90 Å². The number of hydrogen-bond donors (Lipinski definition) is 1. The highest BCUT2D eigenvalue weighted by molar-refractivity contribution is 5.27. The van der Waals surface area contributed by atoms with Crippen LogP contribution < -0.4 is 5.73 Å². The van der Waals surface area contributed by atoms with Crippen LogP contribution in [0.3, 0.4) is 0 Å². The first kappa shape index (κ1) is 25.4. The Morgan fingerprint density at radius 2 is 1.83 bits per heavy atom. The van der Waals surface area contributed by atoms with E-state index >= 15 is 0 Å². The number of nitrogens with two attached hydrogens (primary N) is 1. The molecule has 0 bridgehead atoms. The molecule has 1 saturated heterocycles. The first-order chi connectivity index (χ1) is 17.5. The summed E-state index contributed by atoms with van der Waals surface area (Å²) in [5, 5.41) is 0. The Balaban J connectivity index is 1.15. The lowest BCUT2D eigenvalue weighted by Crippen LogP contribution is -2.56. The average Bonchev–Trinajstić information content (AvgIpc) is 3.64. The maximum atomic E-state index is 6.75. The molecule has 0 spiro atoms. The molecular formula is C31H50N2O3. The van der Waals surface area contributed by atoms with Crippen LogP contribution in [0.25, 0.3) is 0 Å².